The van der Waals surface area contributed by atoms with E-state index < -0.39 is 28.6 Å². The van der Waals surface area contributed by atoms with Crippen LogP contribution in [0.1, 0.15) is 33.1 Å². The van der Waals surface area contributed by atoms with Crippen molar-refractivity contribution in [2.75, 3.05) is 0 Å². The summed E-state index contributed by atoms with van der Waals surface area (Å²) >= 11 is 0. The molecule has 0 aromatic rings. The maximum Gasteiger partial charge on any atom is 0.214 e. The van der Waals surface area contributed by atoms with Crippen LogP contribution in [0.5, 0.6) is 0 Å². The number of allylic oxidation sites excluding steroid dienone is 2. The maximum atomic E-state index is 10.1. The van der Waals surface area contributed by atoms with E-state index in [0.717, 1.165) is 12.8 Å². The molecule has 6 nitrogen and oxygen atoms in total. The predicted octanol–water partition coefficient (Wildman–Crippen LogP) is 2.89. The van der Waals surface area contributed by atoms with Crippen molar-refractivity contribution >= 4 is 5.90 Å². The Morgan fingerprint density at radius 1 is 1.20 bits per heavy atom. The Morgan fingerprint density at radius 3 is 2.40 bits per heavy atom. The molecule has 2 heterocycles. The van der Waals surface area contributed by atoms with Crippen LogP contribution in [0.4, 0.5) is 0 Å². The number of nitrogens with zero attached hydrogens (tertiary/aromatic N) is 3. The van der Waals surface area contributed by atoms with E-state index in [1.165, 1.54) is 0 Å². The van der Waals surface area contributed by atoms with E-state index in [0.29, 0.717) is 12.3 Å². The van der Waals surface area contributed by atoms with Gasteiger partial charge in [0.2, 0.25) is 11.7 Å². The summed E-state index contributed by atoms with van der Waals surface area (Å²) in [6.45, 7) is 3.62. The number of ether oxygens (including phenoxy) is 2. The van der Waals surface area contributed by atoms with Crippen molar-refractivity contribution in [3.8, 4) is 18.2 Å². The minimum absolute atomic E-state index is 0.00587. The van der Waals surface area contributed by atoms with Crippen molar-refractivity contribution in [3.63, 3.8) is 0 Å². The Kier molecular flexibility index (Phi) is 3.12. The van der Waals surface area contributed by atoms with Gasteiger partial charge in [-0.2, -0.15) is 15.8 Å². The van der Waals surface area contributed by atoms with Gasteiger partial charge in [0.1, 0.15) is 0 Å². The molecule has 7 unspecified atom stereocenters. The third-order valence-electron chi connectivity index (χ3n) is 6.88. The molecule has 25 heavy (non-hydrogen) atoms. The van der Waals surface area contributed by atoms with Gasteiger partial charge < -0.3 is 9.47 Å². The van der Waals surface area contributed by atoms with Gasteiger partial charge in [0.25, 0.3) is 0 Å². The third kappa shape index (κ3) is 1.58. The third-order valence-corrected chi connectivity index (χ3v) is 6.88. The van der Waals surface area contributed by atoms with E-state index >= 15 is 0 Å². The van der Waals surface area contributed by atoms with E-state index in [-0.39, 0.29) is 17.7 Å². The summed E-state index contributed by atoms with van der Waals surface area (Å²) in [6.07, 6.45) is 5.93. The van der Waals surface area contributed by atoms with E-state index in [4.69, 9.17) is 14.9 Å². The van der Waals surface area contributed by atoms with Crippen LogP contribution in [-0.4, -0.2) is 17.8 Å². The van der Waals surface area contributed by atoms with Gasteiger partial charge >= 0.3 is 0 Å². The SMILES string of the molecule is CCC1C2(C)OC(=N)C1(C#N)C(C#N)(C#N)C(C1CC3C=CC1C3)O2. The zero-order valence-corrected chi connectivity index (χ0v) is 14.3. The van der Waals surface area contributed by atoms with Crippen molar-refractivity contribution in [1.82, 2.24) is 0 Å². The molecule has 7 atom stereocenters. The fourth-order valence-electron chi connectivity index (χ4n) is 5.83. The van der Waals surface area contributed by atoms with Gasteiger partial charge in [-0.25, -0.2) is 0 Å². The first-order valence-corrected chi connectivity index (χ1v) is 8.80. The summed E-state index contributed by atoms with van der Waals surface area (Å²) in [5.74, 6) is -1.28. The first-order valence-electron chi connectivity index (χ1n) is 8.80. The minimum atomic E-state index is -1.74. The smallest absolute Gasteiger partial charge is 0.214 e. The molecule has 2 aliphatic carbocycles. The number of fused-ring (bicyclic) bond motifs is 4. The summed E-state index contributed by atoms with van der Waals surface area (Å²) in [4.78, 5) is 0. The Balaban J connectivity index is 1.92. The molecule has 0 aromatic carbocycles. The molecule has 4 rings (SSSR count). The standard InChI is InChI=1S/C19H20N4O2/c1-3-14-17(2)24-15(13-7-11-4-5-12(13)6-11)18(8-20,9-21)19(14,10-22)16(23)25-17/h4-5,11-15,23H,3,6-7H2,1-2H3. The normalized spacial score (nSPS) is 48.4. The van der Waals surface area contributed by atoms with Crippen LogP contribution in [0.25, 0.3) is 0 Å². The van der Waals surface area contributed by atoms with Gasteiger partial charge in [0.15, 0.2) is 10.8 Å². The fourth-order valence-corrected chi connectivity index (χ4v) is 5.83. The highest BCUT2D eigenvalue weighted by molar-refractivity contribution is 5.89. The van der Waals surface area contributed by atoms with Gasteiger partial charge in [-0.05, 0) is 37.0 Å². The largest absolute Gasteiger partial charge is 0.448 e. The van der Waals surface area contributed by atoms with Crippen molar-refractivity contribution in [1.29, 1.82) is 21.2 Å². The van der Waals surface area contributed by atoms with Crippen molar-refractivity contribution in [2.45, 2.75) is 45.0 Å². The molecule has 4 bridgehead atoms. The molecule has 3 fully saturated rings. The Hall–Kier alpha value is -2.36. The topological polar surface area (TPSA) is 114 Å². The van der Waals surface area contributed by atoms with E-state index in [2.05, 4.69) is 30.4 Å². The first kappa shape index (κ1) is 16.1. The van der Waals surface area contributed by atoms with Crippen LogP contribution < -0.4 is 0 Å². The van der Waals surface area contributed by atoms with Crippen LogP contribution in [0.3, 0.4) is 0 Å². The van der Waals surface area contributed by atoms with Crippen LogP contribution in [0.2, 0.25) is 0 Å². The number of nitriles is 3. The highest BCUT2D eigenvalue weighted by Crippen LogP contribution is 2.66. The predicted molar refractivity (Wildman–Crippen MR) is 86.4 cm³/mol. The van der Waals surface area contributed by atoms with Crippen LogP contribution in [0, 0.1) is 73.9 Å². The highest BCUT2D eigenvalue weighted by atomic mass is 16.7. The van der Waals surface area contributed by atoms with Crippen molar-refractivity contribution < 1.29 is 9.47 Å². The van der Waals surface area contributed by atoms with E-state index in [9.17, 15) is 15.8 Å². The Bertz CT molecular complexity index is 786. The summed E-state index contributed by atoms with van der Waals surface area (Å²) in [5.41, 5.74) is -3.33. The monoisotopic (exact) mass is 336 g/mol. The van der Waals surface area contributed by atoms with Gasteiger partial charge in [-0.15, -0.1) is 0 Å². The molecule has 6 heteroatoms. The van der Waals surface area contributed by atoms with Crippen LogP contribution >= 0.6 is 0 Å². The molecular weight excluding hydrogens is 316 g/mol. The fraction of sp³-hybridized carbons (Fsp3) is 0.684. The lowest BCUT2D eigenvalue weighted by Gasteiger charge is -2.51. The molecule has 1 N–H and O–H groups in total. The second-order valence-electron chi connectivity index (χ2n) is 7.84. The molecule has 2 saturated heterocycles. The average Bonchev–Trinajstić information content (AvgIpc) is 3.27. The number of rotatable bonds is 2. The zero-order valence-electron chi connectivity index (χ0n) is 14.3. The summed E-state index contributed by atoms with van der Waals surface area (Å²) in [7, 11) is 0. The molecule has 0 radical (unpaired) electrons. The molecule has 128 valence electrons. The summed E-state index contributed by atoms with van der Waals surface area (Å²) in [6, 6.07) is 6.45. The lowest BCUT2D eigenvalue weighted by molar-refractivity contribution is -0.283. The summed E-state index contributed by atoms with van der Waals surface area (Å²) in [5, 5.41) is 38.7. The lowest BCUT2D eigenvalue weighted by atomic mass is 9.51. The molecule has 2 aliphatic heterocycles. The van der Waals surface area contributed by atoms with Crippen LogP contribution in [-0.2, 0) is 9.47 Å². The second-order valence-corrected chi connectivity index (χ2v) is 7.84. The van der Waals surface area contributed by atoms with Gasteiger partial charge in [-0.1, -0.05) is 19.1 Å². The van der Waals surface area contributed by atoms with E-state index in [1.807, 2.05) is 6.92 Å². The van der Waals surface area contributed by atoms with Gasteiger partial charge in [0.05, 0.1) is 30.2 Å². The summed E-state index contributed by atoms with van der Waals surface area (Å²) < 4.78 is 12.0. The Morgan fingerprint density at radius 2 is 1.92 bits per heavy atom. The molecular formula is C19H20N4O2. The quantitative estimate of drug-likeness (QED) is 0.779. The van der Waals surface area contributed by atoms with Crippen molar-refractivity contribution in [3.05, 3.63) is 12.2 Å². The molecule has 0 amide bonds. The molecule has 0 spiro atoms. The van der Waals surface area contributed by atoms with Gasteiger partial charge in [-0.3, -0.25) is 5.41 Å². The Labute approximate surface area is 147 Å². The molecule has 4 aliphatic rings. The van der Waals surface area contributed by atoms with Crippen molar-refractivity contribution in [2.24, 2.45) is 34.5 Å². The van der Waals surface area contributed by atoms with Gasteiger partial charge in [0, 0.05) is 6.92 Å². The number of hydrogen-bond donors (Lipinski definition) is 1. The lowest BCUT2D eigenvalue weighted by Crippen LogP contribution is -2.63. The number of nitrogens with one attached hydrogen (secondary N) is 1. The molecule has 0 aromatic heterocycles. The van der Waals surface area contributed by atoms with E-state index in [1.54, 1.807) is 6.92 Å². The maximum absolute atomic E-state index is 10.1. The van der Waals surface area contributed by atoms with Crippen LogP contribution in [0.15, 0.2) is 12.2 Å². The zero-order chi connectivity index (χ0) is 18.0. The number of hydrogen-bond acceptors (Lipinski definition) is 6. The highest BCUT2D eigenvalue weighted by Gasteiger charge is 2.79. The first-order chi connectivity index (χ1) is 11.9. The minimum Gasteiger partial charge on any atom is -0.448 e. The second kappa shape index (κ2) is 4.84. The molecule has 1 saturated carbocycles. The average molecular weight is 336 g/mol.